The number of ether oxygens (including phenoxy) is 1. The van der Waals surface area contributed by atoms with E-state index in [4.69, 9.17) is 4.74 Å². The van der Waals surface area contributed by atoms with Crippen LogP contribution in [-0.2, 0) is 27.7 Å². The molecule has 128 valence electrons. The monoisotopic (exact) mass is 341 g/mol. The number of benzene rings is 1. The van der Waals surface area contributed by atoms with Crippen molar-refractivity contribution in [2.24, 2.45) is 5.92 Å². The highest BCUT2D eigenvalue weighted by atomic mass is 32.2. The SMILES string of the molecule is CC[C@H](C)[C@H](NS(=O)(=O)CCc1ccc2c(c1)CCO2)C(=O)O. The fourth-order valence-electron chi connectivity index (χ4n) is 2.55. The molecule has 0 fully saturated rings. The van der Waals surface area contributed by atoms with Crippen molar-refractivity contribution in [3.8, 4) is 5.75 Å². The maximum absolute atomic E-state index is 12.2. The van der Waals surface area contributed by atoms with Crippen LogP contribution in [0.1, 0.15) is 31.4 Å². The van der Waals surface area contributed by atoms with Crippen LogP contribution in [-0.4, -0.2) is 37.9 Å². The number of rotatable bonds is 8. The Morgan fingerprint density at radius 1 is 1.43 bits per heavy atom. The minimum atomic E-state index is -3.66. The third-order valence-electron chi connectivity index (χ3n) is 4.20. The lowest BCUT2D eigenvalue weighted by Gasteiger charge is -2.20. The molecule has 1 heterocycles. The van der Waals surface area contributed by atoms with E-state index in [1.54, 1.807) is 6.92 Å². The van der Waals surface area contributed by atoms with Crippen LogP contribution in [0.4, 0.5) is 0 Å². The molecule has 0 unspecified atom stereocenters. The molecule has 2 atom stereocenters. The molecule has 0 saturated heterocycles. The van der Waals surface area contributed by atoms with Crippen molar-refractivity contribution in [2.45, 2.75) is 39.2 Å². The van der Waals surface area contributed by atoms with Gasteiger partial charge in [-0.2, -0.15) is 0 Å². The van der Waals surface area contributed by atoms with Gasteiger partial charge in [0.15, 0.2) is 0 Å². The molecule has 7 heteroatoms. The molecule has 0 bridgehead atoms. The third kappa shape index (κ3) is 4.68. The molecular formula is C16H23NO5S. The standard InChI is InChI=1S/C16H23NO5S/c1-3-11(2)15(16(18)19)17-23(20,21)9-7-12-4-5-14-13(10-12)6-8-22-14/h4-5,10-11,15,17H,3,6-9H2,1-2H3,(H,18,19)/t11-,15-/m0/s1. The summed E-state index contributed by atoms with van der Waals surface area (Å²) in [4.78, 5) is 11.2. The first kappa shape index (κ1) is 17.7. The summed E-state index contributed by atoms with van der Waals surface area (Å²) in [5.41, 5.74) is 2.01. The van der Waals surface area contributed by atoms with E-state index in [0.717, 1.165) is 23.3 Å². The Morgan fingerprint density at radius 3 is 2.83 bits per heavy atom. The predicted octanol–water partition coefficient (Wildman–Crippen LogP) is 1.58. The Balaban J connectivity index is 1.99. The van der Waals surface area contributed by atoms with Crippen molar-refractivity contribution in [3.05, 3.63) is 29.3 Å². The number of carboxylic acids is 1. The summed E-state index contributed by atoms with van der Waals surface area (Å²) >= 11 is 0. The molecule has 0 aliphatic carbocycles. The topological polar surface area (TPSA) is 92.7 Å². The van der Waals surface area contributed by atoms with Crippen molar-refractivity contribution in [3.63, 3.8) is 0 Å². The molecule has 23 heavy (non-hydrogen) atoms. The van der Waals surface area contributed by atoms with Gasteiger partial charge in [0.1, 0.15) is 11.8 Å². The molecule has 1 aliphatic rings. The number of fused-ring (bicyclic) bond motifs is 1. The molecule has 1 aromatic carbocycles. The number of carboxylic acid groups (broad SMARTS) is 1. The van der Waals surface area contributed by atoms with Crippen LogP contribution < -0.4 is 9.46 Å². The fourth-order valence-corrected chi connectivity index (χ4v) is 3.89. The Hall–Kier alpha value is -1.60. The van der Waals surface area contributed by atoms with Gasteiger partial charge in [-0.15, -0.1) is 0 Å². The molecule has 2 N–H and O–H groups in total. The molecule has 0 aromatic heterocycles. The maximum Gasteiger partial charge on any atom is 0.322 e. The molecule has 6 nitrogen and oxygen atoms in total. The molecule has 0 radical (unpaired) electrons. The number of hydrogen-bond donors (Lipinski definition) is 2. The van der Waals surface area contributed by atoms with Crippen molar-refractivity contribution in [2.75, 3.05) is 12.4 Å². The minimum Gasteiger partial charge on any atom is -0.493 e. The summed E-state index contributed by atoms with van der Waals surface area (Å²) in [7, 11) is -3.66. The Kier molecular flexibility index (Phi) is 5.64. The Bertz CT molecular complexity index is 671. The summed E-state index contributed by atoms with van der Waals surface area (Å²) < 4.78 is 32.1. The van der Waals surface area contributed by atoms with Crippen LogP contribution in [0.5, 0.6) is 5.75 Å². The van der Waals surface area contributed by atoms with Gasteiger partial charge in [0.2, 0.25) is 10.0 Å². The van der Waals surface area contributed by atoms with Crippen LogP contribution in [0.15, 0.2) is 18.2 Å². The average molecular weight is 341 g/mol. The van der Waals surface area contributed by atoms with E-state index in [0.29, 0.717) is 19.4 Å². The highest BCUT2D eigenvalue weighted by Crippen LogP contribution is 2.26. The van der Waals surface area contributed by atoms with Crippen LogP contribution in [0.3, 0.4) is 0 Å². The number of nitrogens with one attached hydrogen (secondary N) is 1. The van der Waals surface area contributed by atoms with Crippen LogP contribution >= 0.6 is 0 Å². The molecular weight excluding hydrogens is 318 g/mol. The van der Waals surface area contributed by atoms with Gasteiger partial charge >= 0.3 is 5.97 Å². The van der Waals surface area contributed by atoms with Gasteiger partial charge in [0.25, 0.3) is 0 Å². The van der Waals surface area contributed by atoms with Crippen LogP contribution in [0, 0.1) is 5.92 Å². The summed E-state index contributed by atoms with van der Waals surface area (Å²) in [5.74, 6) is -0.679. The van der Waals surface area contributed by atoms with Gasteiger partial charge < -0.3 is 9.84 Å². The molecule has 1 aromatic rings. The second kappa shape index (κ2) is 7.31. The maximum atomic E-state index is 12.2. The zero-order chi connectivity index (χ0) is 17.0. The predicted molar refractivity (Wildman–Crippen MR) is 87.1 cm³/mol. The van der Waals surface area contributed by atoms with E-state index in [2.05, 4.69) is 4.72 Å². The Morgan fingerprint density at radius 2 is 2.17 bits per heavy atom. The van der Waals surface area contributed by atoms with E-state index in [-0.39, 0.29) is 11.7 Å². The molecule has 0 spiro atoms. The quantitative estimate of drug-likeness (QED) is 0.749. The summed E-state index contributed by atoms with van der Waals surface area (Å²) in [5, 5.41) is 9.19. The number of sulfonamides is 1. The lowest BCUT2D eigenvalue weighted by molar-refractivity contribution is -0.140. The molecule has 1 aliphatic heterocycles. The van der Waals surface area contributed by atoms with E-state index in [1.165, 1.54) is 0 Å². The van der Waals surface area contributed by atoms with Crippen molar-refractivity contribution >= 4 is 16.0 Å². The van der Waals surface area contributed by atoms with E-state index in [9.17, 15) is 18.3 Å². The third-order valence-corrected chi connectivity index (χ3v) is 5.55. The van der Waals surface area contributed by atoms with Crippen LogP contribution in [0.2, 0.25) is 0 Å². The van der Waals surface area contributed by atoms with Gasteiger partial charge in [-0.05, 0) is 29.5 Å². The highest BCUT2D eigenvalue weighted by Gasteiger charge is 2.28. The summed E-state index contributed by atoms with van der Waals surface area (Å²) in [6.45, 7) is 4.22. The lowest BCUT2D eigenvalue weighted by atomic mass is 10.0. The van der Waals surface area contributed by atoms with Gasteiger partial charge in [0, 0.05) is 6.42 Å². The number of hydrogen-bond acceptors (Lipinski definition) is 4. The lowest BCUT2D eigenvalue weighted by Crippen LogP contribution is -2.45. The van der Waals surface area contributed by atoms with Crippen molar-refractivity contribution in [1.29, 1.82) is 0 Å². The van der Waals surface area contributed by atoms with Crippen LogP contribution in [0.25, 0.3) is 0 Å². The first-order chi connectivity index (χ1) is 10.8. The normalized spacial score (nSPS) is 16.4. The van der Waals surface area contributed by atoms with E-state index < -0.39 is 22.0 Å². The second-order valence-electron chi connectivity index (χ2n) is 5.93. The first-order valence-corrected chi connectivity index (χ1v) is 9.45. The molecule has 0 saturated carbocycles. The van der Waals surface area contributed by atoms with E-state index in [1.807, 2.05) is 25.1 Å². The number of carbonyl (C=O) groups is 1. The van der Waals surface area contributed by atoms with Gasteiger partial charge in [-0.1, -0.05) is 32.4 Å². The smallest absolute Gasteiger partial charge is 0.322 e. The minimum absolute atomic E-state index is 0.132. The fraction of sp³-hybridized carbons (Fsp3) is 0.562. The van der Waals surface area contributed by atoms with Gasteiger partial charge in [-0.25, -0.2) is 13.1 Å². The Labute approximate surface area is 136 Å². The molecule has 0 amide bonds. The van der Waals surface area contributed by atoms with E-state index >= 15 is 0 Å². The second-order valence-corrected chi connectivity index (χ2v) is 7.80. The number of aryl methyl sites for hydroxylation is 1. The largest absolute Gasteiger partial charge is 0.493 e. The molecule has 2 rings (SSSR count). The highest BCUT2D eigenvalue weighted by molar-refractivity contribution is 7.89. The van der Waals surface area contributed by atoms with Crippen molar-refractivity contribution in [1.82, 2.24) is 4.72 Å². The zero-order valence-electron chi connectivity index (χ0n) is 13.4. The summed E-state index contributed by atoms with van der Waals surface area (Å²) in [6.07, 6.45) is 1.77. The van der Waals surface area contributed by atoms with Gasteiger partial charge in [0.05, 0.1) is 12.4 Å². The van der Waals surface area contributed by atoms with Gasteiger partial charge in [-0.3, -0.25) is 4.79 Å². The first-order valence-electron chi connectivity index (χ1n) is 7.80. The summed E-state index contributed by atoms with van der Waals surface area (Å²) in [6, 6.07) is 4.58. The zero-order valence-corrected chi connectivity index (χ0v) is 14.2. The van der Waals surface area contributed by atoms with Crippen molar-refractivity contribution < 1.29 is 23.1 Å². The number of aliphatic carboxylic acids is 1. The average Bonchev–Trinajstić information content (AvgIpc) is 2.97.